The SMILES string of the molecule is CC(C)c1cccc(-c2ccc3c(c2)N(OC(=O)C(F)(F)F)C(N)N(C)C3N)c1. The highest BCUT2D eigenvalue weighted by Gasteiger charge is 2.45. The number of anilines is 1. The number of hydrogen-bond acceptors (Lipinski definition) is 6. The lowest BCUT2D eigenvalue weighted by molar-refractivity contribution is -0.204. The van der Waals surface area contributed by atoms with Gasteiger partial charge in [-0.2, -0.15) is 18.2 Å². The molecule has 3 rings (SSSR count). The fraction of sp³-hybridized carbons (Fsp3) is 0.350. The summed E-state index contributed by atoms with van der Waals surface area (Å²) in [4.78, 5) is 17.5. The van der Waals surface area contributed by atoms with Crippen molar-refractivity contribution in [1.82, 2.24) is 4.90 Å². The van der Waals surface area contributed by atoms with Crippen molar-refractivity contribution in [2.45, 2.75) is 38.4 Å². The number of halogens is 3. The Kier molecular flexibility index (Phi) is 5.57. The number of carbonyl (C=O) groups excluding carboxylic acids is 1. The van der Waals surface area contributed by atoms with Gasteiger partial charge < -0.3 is 10.6 Å². The minimum Gasteiger partial charge on any atom is -0.329 e. The molecule has 6 nitrogen and oxygen atoms in total. The third-order valence-corrected chi connectivity index (χ3v) is 4.98. The number of fused-ring (bicyclic) bond motifs is 1. The first-order chi connectivity index (χ1) is 13.5. The molecule has 2 aromatic carbocycles. The highest BCUT2D eigenvalue weighted by atomic mass is 19.4. The summed E-state index contributed by atoms with van der Waals surface area (Å²) < 4.78 is 38.3. The molecule has 1 heterocycles. The zero-order valence-electron chi connectivity index (χ0n) is 16.3. The summed E-state index contributed by atoms with van der Waals surface area (Å²) in [5, 5.41) is 0.754. The van der Waals surface area contributed by atoms with Crippen molar-refractivity contribution in [3.05, 3.63) is 53.6 Å². The Morgan fingerprint density at radius 1 is 1.10 bits per heavy atom. The summed E-state index contributed by atoms with van der Waals surface area (Å²) in [6.45, 7) is 4.14. The Balaban J connectivity index is 2.07. The number of hydrogen-bond donors (Lipinski definition) is 2. The van der Waals surface area contributed by atoms with E-state index in [9.17, 15) is 18.0 Å². The van der Waals surface area contributed by atoms with Crippen molar-refractivity contribution >= 4 is 11.7 Å². The Morgan fingerprint density at radius 2 is 1.76 bits per heavy atom. The molecule has 0 fully saturated rings. The van der Waals surface area contributed by atoms with Crippen LogP contribution in [-0.4, -0.2) is 30.4 Å². The largest absolute Gasteiger partial charge is 0.493 e. The van der Waals surface area contributed by atoms with Gasteiger partial charge in [-0.25, -0.2) is 4.79 Å². The van der Waals surface area contributed by atoms with Crippen LogP contribution in [0, 0.1) is 0 Å². The minimum atomic E-state index is -5.15. The average molecular weight is 408 g/mol. The molecule has 2 unspecified atom stereocenters. The summed E-state index contributed by atoms with van der Waals surface area (Å²) in [5.74, 6) is -2.04. The molecule has 29 heavy (non-hydrogen) atoms. The average Bonchev–Trinajstić information content (AvgIpc) is 2.68. The molecule has 156 valence electrons. The molecule has 0 bridgehead atoms. The van der Waals surface area contributed by atoms with E-state index in [1.807, 2.05) is 30.3 Å². The maximum atomic E-state index is 12.8. The van der Waals surface area contributed by atoms with Crippen LogP contribution in [0.25, 0.3) is 11.1 Å². The third-order valence-electron chi connectivity index (χ3n) is 4.98. The Morgan fingerprint density at radius 3 is 2.38 bits per heavy atom. The molecule has 2 aromatic rings. The monoisotopic (exact) mass is 408 g/mol. The van der Waals surface area contributed by atoms with E-state index in [1.165, 1.54) is 11.9 Å². The van der Waals surface area contributed by atoms with E-state index in [-0.39, 0.29) is 5.69 Å². The van der Waals surface area contributed by atoms with E-state index in [2.05, 4.69) is 18.7 Å². The van der Waals surface area contributed by atoms with Gasteiger partial charge in [0.1, 0.15) is 0 Å². The number of benzene rings is 2. The summed E-state index contributed by atoms with van der Waals surface area (Å²) >= 11 is 0. The summed E-state index contributed by atoms with van der Waals surface area (Å²) in [6.07, 6.45) is -7.00. The van der Waals surface area contributed by atoms with Crippen LogP contribution in [-0.2, 0) is 9.63 Å². The van der Waals surface area contributed by atoms with Gasteiger partial charge in [-0.05, 0) is 35.7 Å². The standard InChI is InChI=1S/C20H23F3N4O2/c1-11(2)12-5-4-6-13(9-12)14-7-8-15-16(10-14)27(19(25)26(3)17(15)24)29-18(28)20(21,22)23/h4-11,17,19H,24-25H2,1-3H3. The second kappa shape index (κ2) is 7.66. The quantitative estimate of drug-likeness (QED) is 0.809. The molecule has 9 heteroatoms. The number of rotatable bonds is 3. The first kappa shape index (κ1) is 21.1. The van der Waals surface area contributed by atoms with Crippen molar-refractivity contribution in [3.8, 4) is 11.1 Å². The first-order valence-corrected chi connectivity index (χ1v) is 9.06. The van der Waals surface area contributed by atoms with Gasteiger partial charge in [-0.15, -0.1) is 0 Å². The maximum Gasteiger partial charge on any atom is 0.493 e. The lowest BCUT2D eigenvalue weighted by Crippen LogP contribution is -2.60. The van der Waals surface area contributed by atoms with Crippen LogP contribution in [0.4, 0.5) is 18.9 Å². The van der Waals surface area contributed by atoms with Crippen LogP contribution in [0.5, 0.6) is 0 Å². The molecule has 0 amide bonds. The number of hydroxylamine groups is 1. The van der Waals surface area contributed by atoms with E-state index >= 15 is 0 Å². The molecular weight excluding hydrogens is 385 g/mol. The lowest BCUT2D eigenvalue weighted by atomic mass is 9.95. The predicted molar refractivity (Wildman–Crippen MR) is 103 cm³/mol. The lowest BCUT2D eigenvalue weighted by Gasteiger charge is -2.43. The van der Waals surface area contributed by atoms with Gasteiger partial charge in [-0.1, -0.05) is 50.2 Å². The van der Waals surface area contributed by atoms with Gasteiger partial charge in [0.25, 0.3) is 0 Å². The second-order valence-electron chi connectivity index (χ2n) is 7.28. The molecule has 4 N–H and O–H groups in total. The van der Waals surface area contributed by atoms with Crippen LogP contribution in [0.2, 0.25) is 0 Å². The van der Waals surface area contributed by atoms with Crippen LogP contribution < -0.4 is 16.5 Å². The van der Waals surface area contributed by atoms with Gasteiger partial charge in [0.15, 0.2) is 6.29 Å². The summed E-state index contributed by atoms with van der Waals surface area (Å²) in [6, 6.07) is 13.0. The molecule has 0 aliphatic carbocycles. The Labute approximate surface area is 166 Å². The van der Waals surface area contributed by atoms with Gasteiger partial charge in [0.05, 0.1) is 11.9 Å². The molecular formula is C20H23F3N4O2. The topological polar surface area (TPSA) is 84.8 Å². The summed E-state index contributed by atoms with van der Waals surface area (Å²) in [5.41, 5.74) is 15.6. The van der Waals surface area contributed by atoms with Crippen LogP contribution >= 0.6 is 0 Å². The van der Waals surface area contributed by atoms with Crippen molar-refractivity contribution in [3.63, 3.8) is 0 Å². The van der Waals surface area contributed by atoms with Crippen LogP contribution in [0.1, 0.15) is 37.1 Å². The predicted octanol–water partition coefficient (Wildman–Crippen LogP) is 3.45. The van der Waals surface area contributed by atoms with Gasteiger partial charge in [-0.3, -0.25) is 10.6 Å². The fourth-order valence-corrected chi connectivity index (χ4v) is 3.18. The van der Waals surface area contributed by atoms with E-state index in [1.54, 1.807) is 12.1 Å². The number of nitrogens with two attached hydrogens (primary N) is 2. The van der Waals surface area contributed by atoms with E-state index in [0.717, 1.165) is 21.8 Å². The zero-order chi connectivity index (χ0) is 21.5. The van der Waals surface area contributed by atoms with Crippen molar-refractivity contribution in [1.29, 1.82) is 0 Å². The molecule has 0 spiro atoms. The van der Waals surface area contributed by atoms with Gasteiger partial charge >= 0.3 is 12.1 Å². The number of alkyl halides is 3. The molecule has 1 aliphatic heterocycles. The van der Waals surface area contributed by atoms with E-state index in [4.69, 9.17) is 11.5 Å². The molecule has 0 saturated carbocycles. The normalized spacial score (nSPS) is 20.0. The molecule has 0 aromatic heterocycles. The Hall–Kier alpha value is -2.62. The smallest absolute Gasteiger partial charge is 0.329 e. The van der Waals surface area contributed by atoms with E-state index < -0.39 is 24.6 Å². The van der Waals surface area contributed by atoms with Crippen molar-refractivity contribution in [2.24, 2.45) is 11.5 Å². The second-order valence-corrected chi connectivity index (χ2v) is 7.28. The molecule has 0 saturated heterocycles. The van der Waals surface area contributed by atoms with Crippen LogP contribution in [0.15, 0.2) is 42.5 Å². The molecule has 1 aliphatic rings. The highest BCUT2D eigenvalue weighted by molar-refractivity contribution is 5.78. The minimum absolute atomic E-state index is 0.216. The van der Waals surface area contributed by atoms with Gasteiger partial charge in [0, 0.05) is 5.56 Å². The van der Waals surface area contributed by atoms with E-state index in [0.29, 0.717) is 11.5 Å². The maximum absolute atomic E-state index is 12.8. The van der Waals surface area contributed by atoms with Crippen molar-refractivity contribution < 1.29 is 22.8 Å². The summed E-state index contributed by atoms with van der Waals surface area (Å²) in [7, 11) is 1.53. The zero-order valence-corrected chi connectivity index (χ0v) is 16.3. The van der Waals surface area contributed by atoms with Gasteiger partial charge in [0.2, 0.25) is 0 Å². The van der Waals surface area contributed by atoms with Crippen LogP contribution in [0.3, 0.4) is 0 Å². The van der Waals surface area contributed by atoms with Crippen molar-refractivity contribution in [2.75, 3.05) is 12.1 Å². The number of carbonyl (C=O) groups is 1. The highest BCUT2D eigenvalue weighted by Crippen LogP contribution is 2.38. The molecule has 0 radical (unpaired) electrons. The Bertz CT molecular complexity index is 917. The molecule has 2 atom stereocenters. The third kappa shape index (κ3) is 4.07. The number of nitrogens with zero attached hydrogens (tertiary/aromatic N) is 2. The first-order valence-electron chi connectivity index (χ1n) is 9.06. The fourth-order valence-electron chi connectivity index (χ4n) is 3.18.